The molecule has 0 aliphatic heterocycles. The van der Waals surface area contributed by atoms with E-state index in [1.807, 2.05) is 25.2 Å². The van der Waals surface area contributed by atoms with Crippen LogP contribution in [0.25, 0.3) is 0 Å². The largest absolute Gasteiger partial charge is 0.493 e. The monoisotopic (exact) mass is 422 g/mol. The predicted octanol–water partition coefficient (Wildman–Crippen LogP) is 0.608. The number of hydrogen-bond acceptors (Lipinski definition) is 5. The van der Waals surface area contributed by atoms with Gasteiger partial charge in [-0.05, 0) is 36.4 Å². The van der Waals surface area contributed by atoms with E-state index in [-0.39, 0.29) is 17.3 Å². The van der Waals surface area contributed by atoms with Gasteiger partial charge in [-0.3, -0.25) is 4.79 Å². The number of nitrogens with one attached hydrogen (secondary N) is 2. The van der Waals surface area contributed by atoms with Crippen molar-refractivity contribution in [2.24, 2.45) is 0 Å². The highest BCUT2D eigenvalue weighted by molar-refractivity contribution is 7.89. The summed E-state index contributed by atoms with van der Waals surface area (Å²) in [6.45, 7) is 0.835. The first-order valence-electron chi connectivity index (χ1n) is 9.02. The van der Waals surface area contributed by atoms with Crippen molar-refractivity contribution < 1.29 is 27.6 Å². The van der Waals surface area contributed by atoms with Gasteiger partial charge in [0.15, 0.2) is 18.0 Å². The molecule has 2 aromatic carbocycles. The standard InChI is InChI=1S/C20H27N3O5S/c1-22(2)29(25,26)17-8-6-7-16(12-17)21-20(24)14-23(3)13-15-9-10-18(27-4)19(11-15)28-5/h6-12H,13-14H2,1-5H3,(H,21,24)/p+1. The molecule has 0 aliphatic rings. The van der Waals surface area contributed by atoms with Crippen molar-refractivity contribution in [3.05, 3.63) is 48.0 Å². The number of hydrogen-bond donors (Lipinski definition) is 2. The molecule has 29 heavy (non-hydrogen) atoms. The minimum atomic E-state index is -3.56. The molecule has 1 amide bonds. The van der Waals surface area contributed by atoms with Crippen molar-refractivity contribution in [1.29, 1.82) is 0 Å². The number of methoxy groups -OCH3 is 2. The summed E-state index contributed by atoms with van der Waals surface area (Å²) in [4.78, 5) is 13.5. The van der Waals surface area contributed by atoms with Gasteiger partial charge in [-0.25, -0.2) is 12.7 Å². The summed E-state index contributed by atoms with van der Waals surface area (Å²) in [5.41, 5.74) is 1.45. The zero-order valence-corrected chi connectivity index (χ0v) is 18.2. The molecule has 2 aromatic rings. The van der Waals surface area contributed by atoms with Crippen LogP contribution in [0.5, 0.6) is 11.5 Å². The summed E-state index contributed by atoms with van der Waals surface area (Å²) in [6.07, 6.45) is 0. The lowest BCUT2D eigenvalue weighted by molar-refractivity contribution is -0.885. The van der Waals surface area contributed by atoms with E-state index in [1.54, 1.807) is 26.4 Å². The van der Waals surface area contributed by atoms with Crippen molar-refractivity contribution in [3.63, 3.8) is 0 Å². The van der Waals surface area contributed by atoms with E-state index in [0.29, 0.717) is 23.7 Å². The molecule has 2 N–H and O–H groups in total. The van der Waals surface area contributed by atoms with Gasteiger partial charge < -0.3 is 19.7 Å². The number of nitrogens with zero attached hydrogens (tertiary/aromatic N) is 1. The predicted molar refractivity (Wildman–Crippen MR) is 111 cm³/mol. The van der Waals surface area contributed by atoms with Crippen LogP contribution in [-0.2, 0) is 21.4 Å². The summed E-state index contributed by atoms with van der Waals surface area (Å²) in [5.74, 6) is 1.09. The molecule has 0 heterocycles. The third-order valence-corrected chi connectivity index (χ3v) is 6.12. The smallest absolute Gasteiger partial charge is 0.279 e. The van der Waals surface area contributed by atoms with Crippen molar-refractivity contribution >= 4 is 21.6 Å². The first-order chi connectivity index (χ1) is 13.7. The molecule has 1 unspecified atom stereocenters. The van der Waals surface area contributed by atoms with Gasteiger partial charge in [0, 0.05) is 25.3 Å². The Morgan fingerprint density at radius 3 is 2.38 bits per heavy atom. The number of quaternary nitrogens is 1. The Labute approximate surface area is 172 Å². The van der Waals surface area contributed by atoms with E-state index in [2.05, 4.69) is 5.32 Å². The molecule has 0 bridgehead atoms. The van der Waals surface area contributed by atoms with Gasteiger partial charge in [0.1, 0.15) is 6.54 Å². The Kier molecular flexibility index (Phi) is 7.60. The molecule has 0 aromatic heterocycles. The van der Waals surface area contributed by atoms with Crippen molar-refractivity contribution in [3.8, 4) is 11.5 Å². The Morgan fingerprint density at radius 1 is 1.07 bits per heavy atom. The Hall–Kier alpha value is -2.62. The van der Waals surface area contributed by atoms with Gasteiger partial charge >= 0.3 is 0 Å². The lowest BCUT2D eigenvalue weighted by Gasteiger charge is -2.16. The molecule has 0 saturated heterocycles. The number of rotatable bonds is 9. The van der Waals surface area contributed by atoms with E-state index < -0.39 is 10.0 Å². The van der Waals surface area contributed by atoms with Gasteiger partial charge in [0.05, 0.1) is 26.2 Å². The average Bonchev–Trinajstić information content (AvgIpc) is 2.67. The fourth-order valence-corrected chi connectivity index (χ4v) is 3.77. The van der Waals surface area contributed by atoms with Gasteiger partial charge in [-0.15, -0.1) is 0 Å². The molecule has 0 spiro atoms. The minimum Gasteiger partial charge on any atom is -0.493 e. The van der Waals surface area contributed by atoms with Crippen LogP contribution >= 0.6 is 0 Å². The summed E-state index contributed by atoms with van der Waals surface area (Å²) < 4.78 is 36.2. The van der Waals surface area contributed by atoms with Crippen molar-refractivity contribution in [2.45, 2.75) is 11.4 Å². The van der Waals surface area contributed by atoms with Crippen LogP contribution in [0.2, 0.25) is 0 Å². The van der Waals surface area contributed by atoms with Crippen LogP contribution in [0.15, 0.2) is 47.4 Å². The molecular weight excluding hydrogens is 394 g/mol. The molecule has 9 heteroatoms. The number of ether oxygens (including phenoxy) is 2. The highest BCUT2D eigenvalue weighted by Gasteiger charge is 2.18. The van der Waals surface area contributed by atoms with E-state index in [0.717, 1.165) is 14.8 Å². The third kappa shape index (κ3) is 5.93. The summed E-state index contributed by atoms with van der Waals surface area (Å²) in [7, 11) is 4.44. The average molecular weight is 423 g/mol. The molecule has 8 nitrogen and oxygen atoms in total. The third-order valence-electron chi connectivity index (χ3n) is 4.31. The van der Waals surface area contributed by atoms with Crippen LogP contribution in [-0.4, -0.2) is 60.5 Å². The molecule has 1 atom stereocenters. The molecule has 158 valence electrons. The van der Waals surface area contributed by atoms with E-state index in [1.165, 1.54) is 26.2 Å². The highest BCUT2D eigenvalue weighted by atomic mass is 32.2. The topological polar surface area (TPSA) is 89.4 Å². The Bertz CT molecular complexity index is 960. The maximum absolute atomic E-state index is 12.4. The highest BCUT2D eigenvalue weighted by Crippen LogP contribution is 2.27. The number of carbonyl (C=O) groups is 1. The Balaban J connectivity index is 2.01. The van der Waals surface area contributed by atoms with Gasteiger partial charge in [-0.2, -0.15) is 0 Å². The number of benzene rings is 2. The van der Waals surface area contributed by atoms with Crippen LogP contribution in [0.1, 0.15) is 5.56 Å². The lowest BCUT2D eigenvalue weighted by atomic mass is 10.2. The SMILES string of the molecule is COc1ccc(C[NH+](C)CC(=O)Nc2cccc(S(=O)(=O)N(C)C)c2)cc1OC. The van der Waals surface area contributed by atoms with Crippen LogP contribution in [0, 0.1) is 0 Å². The summed E-state index contributed by atoms with van der Waals surface area (Å²) >= 11 is 0. The maximum atomic E-state index is 12.4. The van der Waals surface area contributed by atoms with Crippen molar-refractivity contribution in [1.82, 2.24) is 4.31 Å². The Morgan fingerprint density at radius 2 is 1.76 bits per heavy atom. The molecule has 0 aliphatic carbocycles. The fraction of sp³-hybridized carbons (Fsp3) is 0.350. The number of likely N-dealkylation sites (N-methyl/N-ethyl adjacent to an activating group) is 1. The zero-order chi connectivity index (χ0) is 21.6. The first kappa shape index (κ1) is 22.7. The van der Waals surface area contributed by atoms with Gasteiger partial charge in [0.25, 0.3) is 5.91 Å². The summed E-state index contributed by atoms with van der Waals surface area (Å²) in [5, 5.41) is 2.76. The second-order valence-corrected chi connectivity index (χ2v) is 9.02. The second-order valence-electron chi connectivity index (χ2n) is 6.86. The van der Waals surface area contributed by atoms with Gasteiger partial charge in [-0.1, -0.05) is 6.07 Å². The number of amides is 1. The van der Waals surface area contributed by atoms with Crippen LogP contribution in [0.3, 0.4) is 0 Å². The van der Waals surface area contributed by atoms with Gasteiger partial charge in [0.2, 0.25) is 10.0 Å². The van der Waals surface area contributed by atoms with E-state index >= 15 is 0 Å². The maximum Gasteiger partial charge on any atom is 0.279 e. The molecule has 0 radical (unpaired) electrons. The van der Waals surface area contributed by atoms with E-state index in [4.69, 9.17) is 9.47 Å². The minimum absolute atomic E-state index is 0.131. The molecule has 0 fully saturated rings. The quantitative estimate of drug-likeness (QED) is 0.618. The number of sulfonamides is 1. The summed E-state index contributed by atoms with van der Waals surface area (Å²) in [6, 6.07) is 11.9. The van der Waals surface area contributed by atoms with Crippen molar-refractivity contribution in [2.75, 3.05) is 47.2 Å². The fourth-order valence-electron chi connectivity index (χ4n) is 2.83. The molecule has 0 saturated carbocycles. The number of carbonyl (C=O) groups excluding carboxylic acids is 1. The normalized spacial score (nSPS) is 12.5. The first-order valence-corrected chi connectivity index (χ1v) is 10.5. The number of anilines is 1. The second kappa shape index (κ2) is 9.73. The van der Waals surface area contributed by atoms with Crippen LogP contribution < -0.4 is 19.7 Å². The zero-order valence-electron chi connectivity index (χ0n) is 17.4. The molecular formula is C20H28N3O5S+. The lowest BCUT2D eigenvalue weighted by Crippen LogP contribution is -3.08. The van der Waals surface area contributed by atoms with Crippen LogP contribution in [0.4, 0.5) is 5.69 Å². The molecule has 2 rings (SSSR count). The van der Waals surface area contributed by atoms with E-state index in [9.17, 15) is 13.2 Å².